The monoisotopic (exact) mass is 294 g/mol. The molecule has 1 N–H and O–H groups in total. The number of carbonyl (C=O) groups is 2. The van der Waals surface area contributed by atoms with Gasteiger partial charge in [-0.25, -0.2) is 9.78 Å². The Morgan fingerprint density at radius 2 is 2.25 bits per heavy atom. The lowest BCUT2D eigenvalue weighted by atomic mass is 10.1. The zero-order chi connectivity index (χ0) is 14.7. The van der Waals surface area contributed by atoms with Crippen LogP contribution in [-0.4, -0.2) is 51.0 Å². The number of amides is 1. The van der Waals surface area contributed by atoms with Gasteiger partial charge in [0.15, 0.2) is 0 Å². The number of carboxylic acids is 1. The van der Waals surface area contributed by atoms with Crippen molar-refractivity contribution in [2.24, 2.45) is 5.92 Å². The molecule has 6 heteroatoms. The number of rotatable bonds is 3. The molecule has 1 fully saturated rings. The van der Waals surface area contributed by atoms with Crippen LogP contribution in [0.4, 0.5) is 0 Å². The Hall–Kier alpha value is -1.56. The van der Waals surface area contributed by atoms with Crippen LogP contribution in [-0.2, 0) is 0 Å². The van der Waals surface area contributed by atoms with E-state index in [-0.39, 0.29) is 11.6 Å². The molecule has 2 rings (SSSR count). The lowest BCUT2D eigenvalue weighted by Gasteiger charge is -2.34. The van der Waals surface area contributed by atoms with Gasteiger partial charge >= 0.3 is 5.97 Å². The number of thioether (sulfide) groups is 1. The summed E-state index contributed by atoms with van der Waals surface area (Å²) in [5.74, 6) is 0.211. The second-order valence-corrected chi connectivity index (χ2v) is 6.49. The van der Waals surface area contributed by atoms with Crippen molar-refractivity contribution in [1.29, 1.82) is 0 Å². The van der Waals surface area contributed by atoms with E-state index in [0.29, 0.717) is 29.8 Å². The zero-order valence-corrected chi connectivity index (χ0v) is 12.4. The van der Waals surface area contributed by atoms with E-state index in [9.17, 15) is 9.59 Å². The predicted octanol–water partition coefficient (Wildman–Crippen LogP) is 1.99. The quantitative estimate of drug-likeness (QED) is 0.923. The van der Waals surface area contributed by atoms with Crippen molar-refractivity contribution >= 4 is 23.6 Å². The molecule has 20 heavy (non-hydrogen) atoms. The van der Waals surface area contributed by atoms with Gasteiger partial charge in [0.2, 0.25) is 0 Å². The summed E-state index contributed by atoms with van der Waals surface area (Å²) in [5.41, 5.74) is 0.300. The molecular weight excluding hydrogens is 276 g/mol. The van der Waals surface area contributed by atoms with Crippen LogP contribution in [0.1, 0.15) is 34.7 Å². The number of hydrogen-bond donors (Lipinski definition) is 1. The van der Waals surface area contributed by atoms with Crippen LogP contribution in [0, 0.1) is 5.92 Å². The van der Waals surface area contributed by atoms with Crippen molar-refractivity contribution in [2.45, 2.75) is 19.1 Å². The molecule has 0 spiro atoms. The standard InChI is InChI=1S/C14H18N2O3S/c1-9(2)12-8-16(5-6-20-12)13(17)10-3-4-15-11(7-10)14(18)19/h3-4,7,9,12H,5-6,8H2,1-2H3,(H,18,19). The van der Waals surface area contributed by atoms with Crippen LogP contribution in [0.15, 0.2) is 18.3 Å². The lowest BCUT2D eigenvalue weighted by molar-refractivity contribution is 0.0690. The fourth-order valence-electron chi connectivity index (χ4n) is 2.13. The van der Waals surface area contributed by atoms with Crippen molar-refractivity contribution in [3.63, 3.8) is 0 Å². The Balaban J connectivity index is 2.14. The number of carboxylic acid groups (broad SMARTS) is 1. The van der Waals surface area contributed by atoms with Crippen LogP contribution in [0.3, 0.4) is 0 Å². The largest absolute Gasteiger partial charge is 0.477 e. The second kappa shape index (κ2) is 6.26. The molecule has 1 amide bonds. The first kappa shape index (κ1) is 14.8. The Labute approximate surface area is 122 Å². The van der Waals surface area contributed by atoms with Gasteiger partial charge < -0.3 is 10.0 Å². The Kier molecular flexibility index (Phi) is 4.65. The number of aromatic nitrogens is 1. The van der Waals surface area contributed by atoms with E-state index in [0.717, 1.165) is 5.75 Å². The average Bonchev–Trinajstić information content (AvgIpc) is 2.46. The Bertz CT molecular complexity index is 519. The molecule has 108 valence electrons. The fraction of sp³-hybridized carbons (Fsp3) is 0.500. The Morgan fingerprint density at radius 3 is 2.90 bits per heavy atom. The molecule has 0 aromatic carbocycles. The highest BCUT2D eigenvalue weighted by Crippen LogP contribution is 2.25. The highest BCUT2D eigenvalue weighted by Gasteiger charge is 2.27. The van der Waals surface area contributed by atoms with Crippen LogP contribution < -0.4 is 0 Å². The highest BCUT2D eigenvalue weighted by atomic mass is 32.2. The summed E-state index contributed by atoms with van der Waals surface area (Å²) in [5, 5.41) is 9.36. The number of aromatic carboxylic acids is 1. The average molecular weight is 294 g/mol. The van der Waals surface area contributed by atoms with Gasteiger partial charge in [-0.3, -0.25) is 4.79 Å². The van der Waals surface area contributed by atoms with Crippen LogP contribution in [0.25, 0.3) is 0 Å². The maximum atomic E-state index is 12.4. The minimum Gasteiger partial charge on any atom is -0.477 e. The molecule has 0 radical (unpaired) electrons. The molecular formula is C14H18N2O3S. The molecule has 1 aliphatic rings. The van der Waals surface area contributed by atoms with Crippen molar-refractivity contribution in [1.82, 2.24) is 9.88 Å². The molecule has 1 aromatic heterocycles. The molecule has 0 bridgehead atoms. The molecule has 1 unspecified atom stereocenters. The van der Waals surface area contributed by atoms with Crippen molar-refractivity contribution in [2.75, 3.05) is 18.8 Å². The third-order valence-corrected chi connectivity index (χ3v) is 4.89. The second-order valence-electron chi connectivity index (χ2n) is 5.14. The van der Waals surface area contributed by atoms with E-state index in [2.05, 4.69) is 18.8 Å². The van der Waals surface area contributed by atoms with Crippen LogP contribution >= 0.6 is 11.8 Å². The molecule has 0 saturated carbocycles. The van der Waals surface area contributed by atoms with Crippen LogP contribution in [0.2, 0.25) is 0 Å². The summed E-state index contributed by atoms with van der Waals surface area (Å²) in [4.78, 5) is 28.9. The topological polar surface area (TPSA) is 70.5 Å². The van der Waals surface area contributed by atoms with E-state index < -0.39 is 5.97 Å². The first-order valence-electron chi connectivity index (χ1n) is 6.59. The SMILES string of the molecule is CC(C)C1CN(C(=O)c2ccnc(C(=O)O)c2)CCS1. The smallest absolute Gasteiger partial charge is 0.354 e. The summed E-state index contributed by atoms with van der Waals surface area (Å²) in [6, 6.07) is 2.91. The normalized spacial score (nSPS) is 19.1. The van der Waals surface area contributed by atoms with E-state index >= 15 is 0 Å². The summed E-state index contributed by atoms with van der Waals surface area (Å²) in [6.07, 6.45) is 1.37. The molecule has 1 aromatic rings. The molecule has 1 aliphatic heterocycles. The number of hydrogen-bond acceptors (Lipinski definition) is 4. The molecule has 1 atom stereocenters. The summed E-state index contributed by atoms with van der Waals surface area (Å²) in [7, 11) is 0. The summed E-state index contributed by atoms with van der Waals surface area (Å²) in [6.45, 7) is 5.73. The van der Waals surface area contributed by atoms with Crippen molar-refractivity contribution in [3.05, 3.63) is 29.6 Å². The molecule has 5 nitrogen and oxygen atoms in total. The zero-order valence-electron chi connectivity index (χ0n) is 11.6. The Morgan fingerprint density at radius 1 is 1.50 bits per heavy atom. The van der Waals surface area contributed by atoms with Crippen LogP contribution in [0.5, 0.6) is 0 Å². The number of nitrogens with zero attached hydrogens (tertiary/aromatic N) is 2. The van der Waals surface area contributed by atoms with Gasteiger partial charge in [-0.1, -0.05) is 13.8 Å². The van der Waals surface area contributed by atoms with Gasteiger partial charge in [-0.15, -0.1) is 0 Å². The minimum atomic E-state index is -1.12. The molecule has 0 aliphatic carbocycles. The molecule has 1 saturated heterocycles. The van der Waals surface area contributed by atoms with Gasteiger partial charge in [0.25, 0.3) is 5.91 Å². The third-order valence-electron chi connectivity index (χ3n) is 3.35. The van der Waals surface area contributed by atoms with Gasteiger partial charge in [0.05, 0.1) is 0 Å². The summed E-state index contributed by atoms with van der Waals surface area (Å²) < 4.78 is 0. The maximum Gasteiger partial charge on any atom is 0.354 e. The third kappa shape index (κ3) is 3.30. The van der Waals surface area contributed by atoms with E-state index in [4.69, 9.17) is 5.11 Å². The predicted molar refractivity (Wildman–Crippen MR) is 78.2 cm³/mol. The molecule has 2 heterocycles. The maximum absolute atomic E-state index is 12.4. The van der Waals surface area contributed by atoms with E-state index in [1.54, 1.807) is 6.07 Å². The summed E-state index contributed by atoms with van der Waals surface area (Å²) >= 11 is 1.90. The highest BCUT2D eigenvalue weighted by molar-refractivity contribution is 8.00. The number of carbonyl (C=O) groups excluding carboxylic acids is 1. The van der Waals surface area contributed by atoms with Gasteiger partial charge in [0, 0.05) is 35.9 Å². The van der Waals surface area contributed by atoms with E-state index in [1.165, 1.54) is 12.3 Å². The fourth-order valence-corrected chi connectivity index (χ4v) is 3.43. The van der Waals surface area contributed by atoms with E-state index in [1.807, 2.05) is 16.7 Å². The van der Waals surface area contributed by atoms with Gasteiger partial charge in [-0.05, 0) is 18.1 Å². The van der Waals surface area contributed by atoms with Gasteiger partial charge in [0.1, 0.15) is 5.69 Å². The number of pyridine rings is 1. The minimum absolute atomic E-state index is 0.0948. The van der Waals surface area contributed by atoms with Crippen molar-refractivity contribution < 1.29 is 14.7 Å². The van der Waals surface area contributed by atoms with Crippen molar-refractivity contribution in [3.8, 4) is 0 Å². The lowest BCUT2D eigenvalue weighted by Crippen LogP contribution is -2.43. The van der Waals surface area contributed by atoms with Gasteiger partial charge in [-0.2, -0.15) is 11.8 Å². The first-order chi connectivity index (χ1) is 9.49. The first-order valence-corrected chi connectivity index (χ1v) is 7.64.